The number of amides is 1. The quantitative estimate of drug-likeness (QED) is 0.769. The number of nitrogens with one attached hydrogen (secondary N) is 1. The van der Waals surface area contributed by atoms with Crippen LogP contribution in [-0.4, -0.2) is 24.0 Å². The average molecular weight is 222 g/mol. The predicted octanol–water partition coefficient (Wildman–Crippen LogP) is 1.44. The van der Waals surface area contributed by atoms with Gasteiger partial charge in [0.1, 0.15) is 5.82 Å². The predicted molar refractivity (Wildman–Crippen MR) is 59.4 cm³/mol. The van der Waals surface area contributed by atoms with Crippen molar-refractivity contribution in [3.63, 3.8) is 0 Å². The Bertz CT molecular complexity index is 441. The number of carbonyl (C=O) groups excluding carboxylic acids is 2. The van der Waals surface area contributed by atoms with Gasteiger partial charge in [-0.1, -0.05) is 0 Å². The monoisotopic (exact) mass is 222 g/mol. The Hall–Kier alpha value is -1.91. The lowest BCUT2D eigenvalue weighted by molar-refractivity contribution is -0.114. The second-order valence-corrected chi connectivity index (χ2v) is 3.46. The molecule has 0 aromatic carbocycles. The van der Waals surface area contributed by atoms with E-state index in [1.807, 2.05) is 0 Å². The van der Waals surface area contributed by atoms with Crippen molar-refractivity contribution in [2.24, 2.45) is 0 Å². The van der Waals surface area contributed by atoms with Gasteiger partial charge in [0, 0.05) is 6.92 Å². The van der Waals surface area contributed by atoms with Gasteiger partial charge >= 0.3 is 5.97 Å². The van der Waals surface area contributed by atoms with Crippen LogP contribution >= 0.6 is 0 Å². The Morgan fingerprint density at radius 3 is 2.50 bits per heavy atom. The maximum absolute atomic E-state index is 11.4. The molecule has 0 saturated carbocycles. The van der Waals surface area contributed by atoms with Crippen LogP contribution in [0.25, 0.3) is 0 Å². The molecule has 0 radical (unpaired) electrons. The van der Waals surface area contributed by atoms with Crippen molar-refractivity contribution in [3.8, 4) is 0 Å². The van der Waals surface area contributed by atoms with Crippen molar-refractivity contribution >= 4 is 17.7 Å². The Balaban J connectivity index is 3.16. The molecule has 1 aromatic heterocycles. The Morgan fingerprint density at radius 1 is 1.38 bits per heavy atom. The molecule has 0 unspecified atom stereocenters. The molecule has 86 valence electrons. The minimum absolute atomic E-state index is 0.194. The van der Waals surface area contributed by atoms with E-state index < -0.39 is 5.97 Å². The van der Waals surface area contributed by atoms with Crippen molar-refractivity contribution in [2.75, 3.05) is 12.4 Å². The lowest BCUT2D eigenvalue weighted by Crippen LogP contribution is -2.12. The number of hydrogen-bond acceptors (Lipinski definition) is 4. The summed E-state index contributed by atoms with van der Waals surface area (Å²) in [6.07, 6.45) is 0. The highest BCUT2D eigenvalue weighted by molar-refractivity contribution is 5.92. The van der Waals surface area contributed by atoms with Crippen LogP contribution in [0.4, 0.5) is 5.82 Å². The number of pyridine rings is 1. The third-order valence-electron chi connectivity index (χ3n) is 2.10. The van der Waals surface area contributed by atoms with Crippen molar-refractivity contribution in [2.45, 2.75) is 20.8 Å². The van der Waals surface area contributed by atoms with Crippen LogP contribution < -0.4 is 5.32 Å². The standard InChI is InChI=1S/C11H14N2O3/c1-6-5-9(11(15)16-4)7(2)12-10(6)13-8(3)14/h5H,1-4H3,(H,12,13,14). The van der Waals surface area contributed by atoms with Crippen LogP contribution in [0.3, 0.4) is 0 Å². The highest BCUT2D eigenvalue weighted by Gasteiger charge is 2.13. The lowest BCUT2D eigenvalue weighted by atomic mass is 10.1. The van der Waals surface area contributed by atoms with Gasteiger partial charge in [-0.2, -0.15) is 0 Å². The highest BCUT2D eigenvalue weighted by atomic mass is 16.5. The van der Waals surface area contributed by atoms with Gasteiger partial charge in [0.25, 0.3) is 0 Å². The maximum atomic E-state index is 11.4. The number of esters is 1. The number of nitrogens with zero attached hydrogens (tertiary/aromatic N) is 1. The maximum Gasteiger partial charge on any atom is 0.339 e. The van der Waals surface area contributed by atoms with E-state index in [0.717, 1.165) is 5.56 Å². The first-order valence-electron chi connectivity index (χ1n) is 4.80. The zero-order chi connectivity index (χ0) is 12.3. The SMILES string of the molecule is COC(=O)c1cc(C)c(NC(C)=O)nc1C. The van der Waals surface area contributed by atoms with Crippen molar-refractivity contribution in [3.05, 3.63) is 22.9 Å². The van der Waals surface area contributed by atoms with E-state index in [4.69, 9.17) is 0 Å². The molecular weight excluding hydrogens is 208 g/mol. The summed E-state index contributed by atoms with van der Waals surface area (Å²) in [5.74, 6) is -0.152. The molecule has 1 aromatic rings. The average Bonchev–Trinajstić information content (AvgIpc) is 2.21. The first kappa shape index (κ1) is 12.2. The Kier molecular flexibility index (Phi) is 3.60. The highest BCUT2D eigenvalue weighted by Crippen LogP contribution is 2.17. The summed E-state index contributed by atoms with van der Waals surface area (Å²) < 4.78 is 4.63. The number of hydrogen-bond donors (Lipinski definition) is 1. The largest absolute Gasteiger partial charge is 0.465 e. The number of carbonyl (C=O) groups is 2. The normalized spacial score (nSPS) is 9.75. The number of rotatable bonds is 2. The summed E-state index contributed by atoms with van der Waals surface area (Å²) in [7, 11) is 1.32. The molecular formula is C11H14N2O3. The molecule has 0 spiro atoms. The van der Waals surface area contributed by atoms with E-state index in [1.165, 1.54) is 14.0 Å². The van der Waals surface area contributed by atoms with Gasteiger partial charge < -0.3 is 10.1 Å². The fraction of sp³-hybridized carbons (Fsp3) is 0.364. The van der Waals surface area contributed by atoms with E-state index in [-0.39, 0.29) is 5.91 Å². The molecule has 0 atom stereocenters. The molecule has 5 heteroatoms. The molecule has 16 heavy (non-hydrogen) atoms. The lowest BCUT2D eigenvalue weighted by Gasteiger charge is -2.09. The zero-order valence-corrected chi connectivity index (χ0v) is 9.75. The fourth-order valence-electron chi connectivity index (χ4n) is 1.32. The summed E-state index contributed by atoms with van der Waals surface area (Å²) in [6.45, 7) is 4.87. The summed E-state index contributed by atoms with van der Waals surface area (Å²) in [6, 6.07) is 1.65. The van der Waals surface area contributed by atoms with E-state index in [9.17, 15) is 9.59 Å². The van der Waals surface area contributed by atoms with Gasteiger partial charge in [-0.05, 0) is 25.5 Å². The van der Waals surface area contributed by atoms with Crippen LogP contribution in [0.2, 0.25) is 0 Å². The zero-order valence-electron chi connectivity index (χ0n) is 9.75. The molecule has 0 aliphatic carbocycles. The molecule has 0 saturated heterocycles. The van der Waals surface area contributed by atoms with Crippen LogP contribution in [0, 0.1) is 13.8 Å². The number of anilines is 1. The summed E-state index contributed by atoms with van der Waals surface area (Å²) in [5.41, 5.74) is 1.66. The minimum Gasteiger partial charge on any atom is -0.465 e. The molecule has 1 rings (SSSR count). The van der Waals surface area contributed by atoms with Crippen molar-refractivity contribution in [1.82, 2.24) is 4.98 Å². The second kappa shape index (κ2) is 4.74. The summed E-state index contributed by atoms with van der Waals surface area (Å²) in [4.78, 5) is 26.4. The number of ether oxygens (including phenoxy) is 1. The van der Waals surface area contributed by atoms with Crippen LogP contribution in [-0.2, 0) is 9.53 Å². The van der Waals surface area contributed by atoms with Gasteiger partial charge in [-0.3, -0.25) is 4.79 Å². The molecule has 0 fully saturated rings. The van der Waals surface area contributed by atoms with Gasteiger partial charge in [0.15, 0.2) is 0 Å². The Labute approximate surface area is 93.8 Å². The van der Waals surface area contributed by atoms with Crippen molar-refractivity contribution in [1.29, 1.82) is 0 Å². The molecule has 1 N–H and O–H groups in total. The number of aryl methyl sites for hydroxylation is 2. The third kappa shape index (κ3) is 2.56. The van der Waals surface area contributed by atoms with E-state index in [2.05, 4.69) is 15.0 Å². The van der Waals surface area contributed by atoms with E-state index in [1.54, 1.807) is 19.9 Å². The fourth-order valence-corrected chi connectivity index (χ4v) is 1.32. The van der Waals surface area contributed by atoms with Crippen molar-refractivity contribution < 1.29 is 14.3 Å². The van der Waals surface area contributed by atoms with Crippen LogP contribution in [0.5, 0.6) is 0 Å². The molecule has 5 nitrogen and oxygen atoms in total. The molecule has 1 amide bonds. The van der Waals surface area contributed by atoms with Gasteiger partial charge in [0.05, 0.1) is 18.4 Å². The third-order valence-corrected chi connectivity index (χ3v) is 2.10. The van der Waals surface area contributed by atoms with E-state index in [0.29, 0.717) is 17.1 Å². The molecule has 0 aliphatic rings. The smallest absolute Gasteiger partial charge is 0.339 e. The summed E-state index contributed by atoms with van der Waals surface area (Å²) >= 11 is 0. The van der Waals surface area contributed by atoms with Crippen LogP contribution in [0.1, 0.15) is 28.5 Å². The number of aromatic nitrogens is 1. The Morgan fingerprint density at radius 2 is 2.00 bits per heavy atom. The van der Waals surface area contributed by atoms with Gasteiger partial charge in [0.2, 0.25) is 5.91 Å². The summed E-state index contributed by atoms with van der Waals surface area (Å²) in [5, 5.41) is 2.60. The molecule has 0 bridgehead atoms. The topological polar surface area (TPSA) is 68.3 Å². The molecule has 1 heterocycles. The second-order valence-electron chi connectivity index (χ2n) is 3.46. The first-order valence-corrected chi connectivity index (χ1v) is 4.80. The van der Waals surface area contributed by atoms with E-state index >= 15 is 0 Å². The molecule has 0 aliphatic heterocycles. The number of methoxy groups -OCH3 is 1. The van der Waals surface area contributed by atoms with Gasteiger partial charge in [-0.25, -0.2) is 9.78 Å². The van der Waals surface area contributed by atoms with Gasteiger partial charge in [-0.15, -0.1) is 0 Å². The first-order chi connectivity index (χ1) is 7.45. The van der Waals surface area contributed by atoms with Crippen LogP contribution in [0.15, 0.2) is 6.07 Å². The minimum atomic E-state index is -0.428.